The van der Waals surface area contributed by atoms with Crippen LogP contribution in [0.2, 0.25) is 0 Å². The quantitative estimate of drug-likeness (QED) is 0.702. The Kier molecular flexibility index (Phi) is 3.69. The van der Waals surface area contributed by atoms with Crippen LogP contribution in [-0.2, 0) is 11.2 Å². The minimum atomic E-state index is -0.449. The highest BCUT2D eigenvalue weighted by Crippen LogP contribution is 2.21. The Morgan fingerprint density at radius 2 is 2.20 bits per heavy atom. The number of carbonyl (C=O) groups is 1. The van der Waals surface area contributed by atoms with Crippen LogP contribution >= 0.6 is 0 Å². The zero-order chi connectivity index (χ0) is 11.3. The molecule has 15 heavy (non-hydrogen) atoms. The largest absolute Gasteiger partial charge is 0.496 e. The molecule has 0 unspecified atom stereocenters. The van der Waals surface area contributed by atoms with Crippen LogP contribution in [0.4, 0.5) is 0 Å². The average Bonchev–Trinajstić information content (AvgIpc) is 2.28. The summed E-state index contributed by atoms with van der Waals surface area (Å²) in [4.78, 5) is 11.3. The molecule has 0 spiro atoms. The molecule has 1 rings (SSSR count). The van der Waals surface area contributed by atoms with Crippen molar-refractivity contribution in [1.82, 2.24) is 0 Å². The molecule has 0 heterocycles. The molecular formula is C11H11NO3. The molecule has 0 saturated carbocycles. The first-order valence-electron chi connectivity index (χ1n) is 4.35. The maximum atomic E-state index is 11.3. The van der Waals surface area contributed by atoms with Crippen molar-refractivity contribution in [2.24, 2.45) is 0 Å². The molecule has 0 bridgehead atoms. The first-order chi connectivity index (χ1) is 7.22. The van der Waals surface area contributed by atoms with Gasteiger partial charge in [-0.25, -0.2) is 4.79 Å². The number of carbonyl (C=O) groups excluding carboxylic acids is 1. The summed E-state index contributed by atoms with van der Waals surface area (Å²) in [6.45, 7) is 0. The number of rotatable bonds is 3. The third-order valence-electron chi connectivity index (χ3n) is 1.95. The van der Waals surface area contributed by atoms with Crippen LogP contribution in [0.25, 0.3) is 0 Å². The van der Waals surface area contributed by atoms with Crippen LogP contribution in [0.15, 0.2) is 18.2 Å². The van der Waals surface area contributed by atoms with Gasteiger partial charge in [-0.05, 0) is 17.7 Å². The molecule has 1 aromatic carbocycles. The maximum Gasteiger partial charge on any atom is 0.341 e. The van der Waals surface area contributed by atoms with E-state index in [4.69, 9.17) is 10.00 Å². The second-order valence-corrected chi connectivity index (χ2v) is 2.86. The smallest absolute Gasteiger partial charge is 0.341 e. The molecule has 0 atom stereocenters. The molecular weight excluding hydrogens is 194 g/mol. The molecule has 0 fully saturated rings. The lowest BCUT2D eigenvalue weighted by molar-refractivity contribution is 0.0597. The molecule has 0 amide bonds. The second kappa shape index (κ2) is 5.01. The van der Waals surface area contributed by atoms with Crippen molar-refractivity contribution in [1.29, 1.82) is 5.26 Å². The van der Waals surface area contributed by atoms with Crippen LogP contribution < -0.4 is 4.74 Å². The monoisotopic (exact) mass is 205 g/mol. The summed E-state index contributed by atoms with van der Waals surface area (Å²) >= 11 is 0. The van der Waals surface area contributed by atoms with Gasteiger partial charge >= 0.3 is 5.97 Å². The number of nitriles is 1. The van der Waals surface area contributed by atoms with Crippen molar-refractivity contribution in [3.8, 4) is 11.8 Å². The summed E-state index contributed by atoms with van der Waals surface area (Å²) in [5, 5.41) is 8.53. The van der Waals surface area contributed by atoms with Crippen molar-refractivity contribution in [2.75, 3.05) is 14.2 Å². The van der Waals surface area contributed by atoms with Crippen molar-refractivity contribution in [2.45, 2.75) is 6.42 Å². The SMILES string of the molecule is COC(=O)c1ccc(CC#N)cc1OC. The van der Waals surface area contributed by atoms with Crippen LogP contribution in [0.1, 0.15) is 15.9 Å². The summed E-state index contributed by atoms with van der Waals surface area (Å²) in [5.74, 6) is -0.0232. The first kappa shape index (κ1) is 11.1. The molecule has 0 N–H and O–H groups in total. The van der Waals surface area contributed by atoms with Crippen LogP contribution in [0, 0.1) is 11.3 Å². The van der Waals surface area contributed by atoms with Crippen LogP contribution in [0.3, 0.4) is 0 Å². The van der Waals surface area contributed by atoms with E-state index in [1.54, 1.807) is 18.2 Å². The number of hydrogen-bond acceptors (Lipinski definition) is 4. The van der Waals surface area contributed by atoms with E-state index < -0.39 is 5.97 Å². The van der Waals surface area contributed by atoms with Gasteiger partial charge in [-0.15, -0.1) is 0 Å². The molecule has 78 valence electrons. The van der Waals surface area contributed by atoms with E-state index in [1.165, 1.54) is 14.2 Å². The Morgan fingerprint density at radius 1 is 1.47 bits per heavy atom. The minimum Gasteiger partial charge on any atom is -0.496 e. The fourth-order valence-electron chi connectivity index (χ4n) is 1.22. The zero-order valence-corrected chi connectivity index (χ0v) is 8.61. The summed E-state index contributed by atoms with van der Waals surface area (Å²) in [7, 11) is 2.78. The molecule has 0 aliphatic carbocycles. The molecule has 0 aromatic heterocycles. The van der Waals surface area contributed by atoms with Crippen molar-refractivity contribution in [3.05, 3.63) is 29.3 Å². The summed E-state index contributed by atoms with van der Waals surface area (Å²) < 4.78 is 9.64. The van der Waals surface area contributed by atoms with Gasteiger partial charge in [0.2, 0.25) is 0 Å². The van der Waals surface area contributed by atoms with Gasteiger partial charge in [-0.2, -0.15) is 5.26 Å². The first-order valence-corrected chi connectivity index (χ1v) is 4.35. The number of ether oxygens (including phenoxy) is 2. The average molecular weight is 205 g/mol. The number of hydrogen-bond donors (Lipinski definition) is 0. The van der Waals surface area contributed by atoms with E-state index >= 15 is 0 Å². The number of esters is 1. The Balaban J connectivity index is 3.10. The van der Waals surface area contributed by atoms with E-state index in [9.17, 15) is 4.79 Å². The number of nitrogens with zero attached hydrogens (tertiary/aromatic N) is 1. The van der Waals surface area contributed by atoms with Crippen LogP contribution in [-0.4, -0.2) is 20.2 Å². The highest BCUT2D eigenvalue weighted by Gasteiger charge is 2.12. The van der Waals surface area contributed by atoms with Gasteiger partial charge in [0.05, 0.1) is 26.7 Å². The Labute approximate surface area is 88.0 Å². The predicted octanol–water partition coefficient (Wildman–Crippen LogP) is 1.55. The second-order valence-electron chi connectivity index (χ2n) is 2.86. The van der Waals surface area contributed by atoms with Gasteiger partial charge < -0.3 is 9.47 Å². The van der Waals surface area contributed by atoms with Crippen molar-refractivity contribution >= 4 is 5.97 Å². The maximum absolute atomic E-state index is 11.3. The summed E-state index contributed by atoms with van der Waals surface area (Å²) in [6.07, 6.45) is 0.289. The van der Waals surface area contributed by atoms with E-state index in [0.29, 0.717) is 11.3 Å². The lowest BCUT2D eigenvalue weighted by atomic mass is 10.1. The molecule has 0 aliphatic rings. The van der Waals surface area contributed by atoms with Gasteiger partial charge in [-0.3, -0.25) is 0 Å². The molecule has 0 saturated heterocycles. The summed E-state index contributed by atoms with van der Waals surface area (Å²) in [6, 6.07) is 6.99. The predicted molar refractivity (Wildman–Crippen MR) is 53.7 cm³/mol. The van der Waals surface area contributed by atoms with Gasteiger partial charge in [0, 0.05) is 0 Å². The molecule has 0 aliphatic heterocycles. The molecule has 1 aromatic rings. The lowest BCUT2D eigenvalue weighted by Gasteiger charge is -2.07. The number of methoxy groups -OCH3 is 2. The van der Waals surface area contributed by atoms with Gasteiger partial charge in [0.15, 0.2) is 0 Å². The Bertz CT molecular complexity index is 407. The number of benzene rings is 1. The molecule has 0 radical (unpaired) electrons. The molecule has 4 nitrogen and oxygen atoms in total. The summed E-state index contributed by atoms with van der Waals surface area (Å²) in [5.41, 5.74) is 1.17. The van der Waals surface area contributed by atoms with Crippen molar-refractivity contribution in [3.63, 3.8) is 0 Å². The van der Waals surface area contributed by atoms with E-state index in [2.05, 4.69) is 4.74 Å². The van der Waals surface area contributed by atoms with E-state index in [-0.39, 0.29) is 6.42 Å². The Morgan fingerprint density at radius 3 is 2.73 bits per heavy atom. The standard InChI is InChI=1S/C11H11NO3/c1-14-10-7-8(5-6-12)3-4-9(10)11(13)15-2/h3-4,7H,5H2,1-2H3. The fourth-order valence-corrected chi connectivity index (χ4v) is 1.22. The highest BCUT2D eigenvalue weighted by molar-refractivity contribution is 5.92. The topological polar surface area (TPSA) is 59.3 Å². The normalized spacial score (nSPS) is 9.13. The van der Waals surface area contributed by atoms with E-state index in [1.807, 2.05) is 6.07 Å². The highest BCUT2D eigenvalue weighted by atomic mass is 16.5. The molecule has 4 heteroatoms. The third kappa shape index (κ3) is 2.47. The Hall–Kier alpha value is -2.02. The third-order valence-corrected chi connectivity index (χ3v) is 1.95. The van der Waals surface area contributed by atoms with Gasteiger partial charge in [0.25, 0.3) is 0 Å². The van der Waals surface area contributed by atoms with Gasteiger partial charge in [0.1, 0.15) is 11.3 Å². The van der Waals surface area contributed by atoms with Gasteiger partial charge in [-0.1, -0.05) is 6.07 Å². The zero-order valence-electron chi connectivity index (χ0n) is 8.61. The van der Waals surface area contributed by atoms with Crippen LogP contribution in [0.5, 0.6) is 5.75 Å². The lowest BCUT2D eigenvalue weighted by Crippen LogP contribution is -2.04. The fraction of sp³-hybridized carbons (Fsp3) is 0.273. The van der Waals surface area contributed by atoms with Crippen molar-refractivity contribution < 1.29 is 14.3 Å². The minimum absolute atomic E-state index is 0.289. The van der Waals surface area contributed by atoms with E-state index in [0.717, 1.165) is 5.56 Å².